The zero-order valence-electron chi connectivity index (χ0n) is 11.2. The van der Waals surface area contributed by atoms with E-state index in [0.717, 1.165) is 24.9 Å². The molecule has 1 aliphatic rings. The molecule has 1 saturated carbocycles. The summed E-state index contributed by atoms with van der Waals surface area (Å²) >= 11 is 0. The Morgan fingerprint density at radius 3 is 2.65 bits per heavy atom. The van der Waals surface area contributed by atoms with Gasteiger partial charge in [-0.3, -0.25) is 0 Å². The van der Waals surface area contributed by atoms with Gasteiger partial charge < -0.3 is 5.32 Å². The van der Waals surface area contributed by atoms with Gasteiger partial charge in [0.2, 0.25) is 0 Å². The third kappa shape index (κ3) is 4.16. The molecule has 0 aliphatic heterocycles. The van der Waals surface area contributed by atoms with Crippen LogP contribution in [0.25, 0.3) is 0 Å². The molecule has 0 amide bonds. The van der Waals surface area contributed by atoms with Crippen LogP contribution in [0.5, 0.6) is 0 Å². The van der Waals surface area contributed by atoms with Crippen LogP contribution in [0, 0.1) is 12.8 Å². The number of hydrogen-bond acceptors (Lipinski definition) is 1. The maximum atomic E-state index is 3.71. The summed E-state index contributed by atoms with van der Waals surface area (Å²) in [5, 5.41) is 3.71. The largest absolute Gasteiger partial charge is 0.314 e. The van der Waals surface area contributed by atoms with Crippen molar-refractivity contribution in [3.63, 3.8) is 0 Å². The van der Waals surface area contributed by atoms with Crippen LogP contribution in [0.4, 0.5) is 0 Å². The Kier molecular flexibility index (Phi) is 4.61. The van der Waals surface area contributed by atoms with Crippen molar-refractivity contribution in [2.45, 2.75) is 52.0 Å². The molecular weight excluding hydrogens is 206 g/mol. The number of aryl methyl sites for hydroxylation is 1. The predicted octanol–water partition coefficient (Wildman–Crippen LogP) is 3.71. The minimum Gasteiger partial charge on any atom is -0.314 e. The first-order chi connectivity index (χ1) is 8.24. The zero-order chi connectivity index (χ0) is 12.1. The molecule has 0 bridgehead atoms. The molecule has 17 heavy (non-hydrogen) atoms. The first kappa shape index (κ1) is 12.6. The van der Waals surface area contributed by atoms with Crippen molar-refractivity contribution in [1.82, 2.24) is 5.32 Å². The topological polar surface area (TPSA) is 12.0 Å². The molecule has 1 fully saturated rings. The summed E-state index contributed by atoms with van der Waals surface area (Å²) in [6, 6.07) is 9.63. The maximum Gasteiger partial charge on any atom is 0.00673 e. The quantitative estimate of drug-likeness (QED) is 0.833. The second-order valence-corrected chi connectivity index (χ2v) is 5.65. The lowest BCUT2D eigenvalue weighted by Gasteiger charge is -2.27. The molecule has 0 atom stereocenters. The van der Waals surface area contributed by atoms with Crippen molar-refractivity contribution < 1.29 is 0 Å². The highest BCUT2D eigenvalue weighted by Gasteiger charge is 2.16. The Balaban J connectivity index is 1.69. The van der Waals surface area contributed by atoms with E-state index in [9.17, 15) is 0 Å². The summed E-state index contributed by atoms with van der Waals surface area (Å²) in [5.74, 6) is 0.949. The molecule has 0 spiro atoms. The molecular formula is C16H25N. The van der Waals surface area contributed by atoms with Gasteiger partial charge >= 0.3 is 0 Å². The van der Waals surface area contributed by atoms with Crippen LogP contribution in [0.1, 0.15) is 43.7 Å². The van der Waals surface area contributed by atoms with E-state index in [-0.39, 0.29) is 0 Å². The molecule has 1 aromatic carbocycles. The van der Waals surface area contributed by atoms with Gasteiger partial charge in [-0.15, -0.1) is 0 Å². The lowest BCUT2D eigenvalue weighted by molar-refractivity contribution is 0.309. The van der Waals surface area contributed by atoms with Gasteiger partial charge in [0.05, 0.1) is 0 Å². The van der Waals surface area contributed by atoms with Crippen molar-refractivity contribution in [2.75, 3.05) is 6.54 Å². The fourth-order valence-electron chi connectivity index (χ4n) is 2.75. The van der Waals surface area contributed by atoms with E-state index >= 15 is 0 Å². The lowest BCUT2D eigenvalue weighted by atomic mass is 9.87. The van der Waals surface area contributed by atoms with Gasteiger partial charge in [-0.05, 0) is 57.1 Å². The number of nitrogens with one attached hydrogen (secondary N) is 1. The van der Waals surface area contributed by atoms with Gasteiger partial charge in [-0.2, -0.15) is 0 Å². The molecule has 0 saturated heterocycles. The van der Waals surface area contributed by atoms with E-state index in [0.29, 0.717) is 0 Å². The van der Waals surface area contributed by atoms with E-state index in [2.05, 4.69) is 43.4 Å². The highest BCUT2D eigenvalue weighted by atomic mass is 14.9. The van der Waals surface area contributed by atoms with Gasteiger partial charge in [0.15, 0.2) is 0 Å². The molecule has 1 aliphatic carbocycles. The van der Waals surface area contributed by atoms with Gasteiger partial charge in [-0.25, -0.2) is 0 Å². The fourth-order valence-corrected chi connectivity index (χ4v) is 2.75. The standard InChI is InChI=1S/C16H25N/c1-13-6-8-16(9-7-13)17-11-10-15-5-3-4-14(2)12-15/h3-5,12-13,16-17H,6-11H2,1-2H3. The number of hydrogen-bond donors (Lipinski definition) is 1. The highest BCUT2D eigenvalue weighted by Crippen LogP contribution is 2.23. The van der Waals surface area contributed by atoms with Crippen molar-refractivity contribution in [3.05, 3.63) is 35.4 Å². The van der Waals surface area contributed by atoms with E-state index in [1.54, 1.807) is 0 Å². The number of benzene rings is 1. The molecule has 1 nitrogen and oxygen atoms in total. The first-order valence-corrected chi connectivity index (χ1v) is 7.03. The average Bonchev–Trinajstić information content (AvgIpc) is 2.32. The molecule has 1 aromatic rings. The van der Waals surface area contributed by atoms with Gasteiger partial charge in [0, 0.05) is 6.04 Å². The summed E-state index contributed by atoms with van der Waals surface area (Å²) < 4.78 is 0. The van der Waals surface area contributed by atoms with Crippen molar-refractivity contribution in [1.29, 1.82) is 0 Å². The Bertz CT molecular complexity index is 337. The van der Waals surface area contributed by atoms with Gasteiger partial charge in [-0.1, -0.05) is 36.8 Å². The van der Waals surface area contributed by atoms with Crippen LogP contribution in [0.2, 0.25) is 0 Å². The monoisotopic (exact) mass is 231 g/mol. The smallest absolute Gasteiger partial charge is 0.00673 e. The molecule has 2 rings (SSSR count). The van der Waals surface area contributed by atoms with Crippen molar-refractivity contribution in [3.8, 4) is 0 Å². The molecule has 94 valence electrons. The van der Waals surface area contributed by atoms with Crippen LogP contribution in [-0.4, -0.2) is 12.6 Å². The second-order valence-electron chi connectivity index (χ2n) is 5.65. The zero-order valence-corrected chi connectivity index (χ0v) is 11.2. The number of rotatable bonds is 4. The van der Waals surface area contributed by atoms with Gasteiger partial charge in [0.1, 0.15) is 0 Å². The second kappa shape index (κ2) is 6.20. The normalized spacial score (nSPS) is 24.8. The summed E-state index contributed by atoms with van der Waals surface area (Å²) in [6.45, 7) is 5.67. The van der Waals surface area contributed by atoms with Crippen molar-refractivity contribution in [2.24, 2.45) is 5.92 Å². The van der Waals surface area contributed by atoms with E-state index in [1.165, 1.54) is 36.8 Å². The van der Waals surface area contributed by atoms with Crippen molar-refractivity contribution >= 4 is 0 Å². The Morgan fingerprint density at radius 2 is 1.94 bits per heavy atom. The molecule has 0 radical (unpaired) electrons. The molecule has 0 heterocycles. The SMILES string of the molecule is Cc1cccc(CCNC2CCC(C)CC2)c1. The molecule has 1 heteroatoms. The fraction of sp³-hybridized carbons (Fsp3) is 0.625. The average molecular weight is 231 g/mol. The van der Waals surface area contributed by atoms with E-state index in [4.69, 9.17) is 0 Å². The minimum atomic E-state index is 0.774. The predicted molar refractivity (Wildman–Crippen MR) is 74.3 cm³/mol. The summed E-state index contributed by atoms with van der Waals surface area (Å²) in [4.78, 5) is 0. The first-order valence-electron chi connectivity index (χ1n) is 7.03. The summed E-state index contributed by atoms with van der Waals surface area (Å²) in [5.41, 5.74) is 2.83. The third-order valence-electron chi connectivity index (χ3n) is 3.95. The van der Waals surface area contributed by atoms with Crippen LogP contribution < -0.4 is 5.32 Å². The summed E-state index contributed by atoms with van der Waals surface area (Å²) in [7, 11) is 0. The minimum absolute atomic E-state index is 0.774. The molecule has 1 N–H and O–H groups in total. The highest BCUT2D eigenvalue weighted by molar-refractivity contribution is 5.22. The van der Waals surface area contributed by atoms with Gasteiger partial charge in [0.25, 0.3) is 0 Å². The third-order valence-corrected chi connectivity index (χ3v) is 3.95. The lowest BCUT2D eigenvalue weighted by Crippen LogP contribution is -2.34. The van der Waals surface area contributed by atoms with E-state index in [1.807, 2.05) is 0 Å². The Labute approximate surface area is 106 Å². The maximum absolute atomic E-state index is 3.71. The van der Waals surface area contributed by atoms with Crippen LogP contribution >= 0.6 is 0 Å². The van der Waals surface area contributed by atoms with Crippen LogP contribution in [-0.2, 0) is 6.42 Å². The summed E-state index contributed by atoms with van der Waals surface area (Å²) in [6.07, 6.45) is 6.71. The Morgan fingerprint density at radius 1 is 1.18 bits per heavy atom. The van der Waals surface area contributed by atoms with E-state index < -0.39 is 0 Å². The molecule has 0 aromatic heterocycles. The Hall–Kier alpha value is -0.820. The molecule has 0 unspecified atom stereocenters. The van der Waals surface area contributed by atoms with Crippen LogP contribution in [0.15, 0.2) is 24.3 Å². The van der Waals surface area contributed by atoms with Crippen LogP contribution in [0.3, 0.4) is 0 Å².